The van der Waals surface area contributed by atoms with Gasteiger partial charge in [0, 0.05) is 22.5 Å². The van der Waals surface area contributed by atoms with Gasteiger partial charge in [0.05, 0.1) is 19.9 Å². The van der Waals surface area contributed by atoms with Gasteiger partial charge >= 0.3 is 0 Å². The van der Waals surface area contributed by atoms with E-state index in [0.29, 0.717) is 12.8 Å². The number of aromatic nitrogens is 1. The molecule has 4 N–H and O–H groups in total. The number of carbonyl (C=O) groups excluding carboxylic acids is 1. The summed E-state index contributed by atoms with van der Waals surface area (Å²) in [7, 11) is 3.26. The lowest BCUT2D eigenvalue weighted by atomic mass is 10.1. The molecule has 0 bridgehead atoms. The van der Waals surface area contributed by atoms with Gasteiger partial charge in [0.2, 0.25) is 5.91 Å². The zero-order valence-corrected chi connectivity index (χ0v) is 16.5. The van der Waals surface area contributed by atoms with Gasteiger partial charge < -0.3 is 14.8 Å². The highest BCUT2D eigenvalue weighted by Crippen LogP contribution is 2.34. The van der Waals surface area contributed by atoms with Crippen LogP contribution in [0.3, 0.4) is 0 Å². The lowest BCUT2D eigenvalue weighted by Gasteiger charge is -2.04. The zero-order chi connectivity index (χ0) is 19.9. The number of hydrazine groups is 1. The summed E-state index contributed by atoms with van der Waals surface area (Å²) < 4.78 is 10.4. The van der Waals surface area contributed by atoms with Crippen molar-refractivity contribution in [3.8, 4) is 22.8 Å². The number of anilines is 2. The van der Waals surface area contributed by atoms with Gasteiger partial charge in [-0.05, 0) is 55.0 Å². The van der Waals surface area contributed by atoms with E-state index in [1.165, 1.54) is 11.3 Å². The van der Waals surface area contributed by atoms with Crippen molar-refractivity contribution >= 4 is 28.1 Å². The fourth-order valence-corrected chi connectivity index (χ4v) is 3.65. The van der Waals surface area contributed by atoms with Crippen molar-refractivity contribution in [2.24, 2.45) is 5.84 Å². The minimum Gasteiger partial charge on any atom is -0.497 e. The van der Waals surface area contributed by atoms with Crippen LogP contribution in [-0.2, 0) is 11.2 Å². The van der Waals surface area contributed by atoms with Crippen molar-refractivity contribution < 1.29 is 14.3 Å². The quantitative estimate of drug-likeness (QED) is 0.305. The minimum absolute atomic E-state index is 0.209. The molecule has 0 aliphatic carbocycles. The third kappa shape index (κ3) is 4.79. The van der Waals surface area contributed by atoms with Crippen molar-refractivity contribution in [2.75, 3.05) is 19.5 Å². The lowest BCUT2D eigenvalue weighted by molar-refractivity contribution is -0.121. The van der Waals surface area contributed by atoms with Crippen LogP contribution in [0.15, 0.2) is 48.5 Å². The third-order valence-electron chi connectivity index (χ3n) is 4.14. The predicted octanol–water partition coefficient (Wildman–Crippen LogP) is 3.49. The number of benzene rings is 2. The molecule has 3 rings (SSSR count). The smallest absolute Gasteiger partial charge is 0.234 e. The molecule has 0 atom stereocenters. The average Bonchev–Trinajstić information content (AvgIpc) is 3.15. The number of rotatable bonds is 8. The number of nitrogens with one attached hydrogen (secondary N) is 2. The largest absolute Gasteiger partial charge is 0.497 e. The number of ether oxygens (including phenoxy) is 2. The molecular weight excluding hydrogens is 376 g/mol. The molecule has 2 aromatic carbocycles. The normalized spacial score (nSPS) is 10.4. The van der Waals surface area contributed by atoms with Crippen LogP contribution >= 0.6 is 11.3 Å². The highest BCUT2D eigenvalue weighted by Gasteiger charge is 2.15. The second kappa shape index (κ2) is 9.20. The summed E-state index contributed by atoms with van der Waals surface area (Å²) in [5.41, 5.74) is 4.88. The fourth-order valence-electron chi connectivity index (χ4n) is 2.65. The van der Waals surface area contributed by atoms with E-state index in [0.717, 1.165) is 38.5 Å². The van der Waals surface area contributed by atoms with E-state index >= 15 is 0 Å². The first-order valence-corrected chi connectivity index (χ1v) is 9.49. The Morgan fingerprint density at radius 3 is 2.21 bits per heavy atom. The molecule has 146 valence electrons. The van der Waals surface area contributed by atoms with E-state index in [1.807, 2.05) is 48.5 Å². The van der Waals surface area contributed by atoms with Crippen molar-refractivity contribution in [3.05, 3.63) is 53.4 Å². The first-order valence-electron chi connectivity index (χ1n) is 8.67. The van der Waals surface area contributed by atoms with E-state index in [2.05, 4.69) is 10.7 Å². The molecule has 0 spiro atoms. The Hall–Kier alpha value is -3.10. The number of nitrogens with zero attached hydrogens (tertiary/aromatic N) is 1. The number of nitrogens with two attached hydrogens (primary N) is 1. The molecule has 0 aliphatic rings. The molecule has 28 heavy (non-hydrogen) atoms. The molecule has 1 heterocycles. The molecule has 7 nitrogen and oxygen atoms in total. The van der Waals surface area contributed by atoms with E-state index in [-0.39, 0.29) is 5.91 Å². The van der Waals surface area contributed by atoms with Crippen LogP contribution < -0.4 is 26.1 Å². The summed E-state index contributed by atoms with van der Waals surface area (Å²) in [4.78, 5) is 17.3. The van der Waals surface area contributed by atoms with Gasteiger partial charge in [-0.1, -0.05) is 0 Å². The summed E-state index contributed by atoms with van der Waals surface area (Å²) in [5, 5.41) is 4.06. The molecular formula is C20H22N4O3S. The van der Waals surface area contributed by atoms with Crippen molar-refractivity contribution in [3.63, 3.8) is 0 Å². The number of hydrogen-bond donors (Lipinski definition) is 3. The zero-order valence-electron chi connectivity index (χ0n) is 15.7. The van der Waals surface area contributed by atoms with Crippen molar-refractivity contribution in [1.29, 1.82) is 0 Å². The Bertz CT molecular complexity index is 924. The summed E-state index contributed by atoms with van der Waals surface area (Å²) in [5.74, 6) is 6.56. The Morgan fingerprint density at radius 2 is 1.64 bits per heavy atom. The van der Waals surface area contributed by atoms with Gasteiger partial charge in [0.1, 0.15) is 11.5 Å². The van der Waals surface area contributed by atoms with Crippen molar-refractivity contribution in [1.82, 2.24) is 10.4 Å². The number of thiazole rings is 1. The number of carbonyl (C=O) groups is 1. The molecule has 0 radical (unpaired) electrons. The minimum atomic E-state index is -0.209. The molecule has 0 fully saturated rings. The standard InChI is InChI=1S/C20H22N4O3S/c1-26-15-7-3-13(4-8-15)19-17(11-12-18(25)24-21)28-20(23-19)22-14-5-9-16(27-2)10-6-14/h3-10H,11-12,21H2,1-2H3,(H,22,23)(H,24,25). The number of hydrogen-bond acceptors (Lipinski definition) is 7. The third-order valence-corrected chi connectivity index (χ3v) is 5.17. The van der Waals surface area contributed by atoms with Gasteiger partial charge in [-0.25, -0.2) is 10.8 Å². The number of methoxy groups -OCH3 is 2. The van der Waals surface area contributed by atoms with Gasteiger partial charge in [-0.2, -0.15) is 0 Å². The lowest BCUT2D eigenvalue weighted by Crippen LogP contribution is -2.30. The fraction of sp³-hybridized carbons (Fsp3) is 0.200. The van der Waals surface area contributed by atoms with Gasteiger partial charge in [-0.15, -0.1) is 11.3 Å². The summed E-state index contributed by atoms with van der Waals surface area (Å²) >= 11 is 1.52. The predicted molar refractivity (Wildman–Crippen MR) is 111 cm³/mol. The van der Waals surface area contributed by atoms with E-state index < -0.39 is 0 Å². The second-order valence-electron chi connectivity index (χ2n) is 5.94. The van der Waals surface area contributed by atoms with Crippen LogP contribution in [0.4, 0.5) is 10.8 Å². The molecule has 0 aliphatic heterocycles. The molecule has 0 saturated heterocycles. The molecule has 3 aromatic rings. The molecule has 8 heteroatoms. The number of aryl methyl sites for hydroxylation is 1. The molecule has 1 amide bonds. The SMILES string of the molecule is COc1ccc(Nc2nc(-c3ccc(OC)cc3)c(CCC(=O)NN)s2)cc1. The van der Waals surface area contributed by atoms with Crippen LogP contribution in [0.5, 0.6) is 11.5 Å². The van der Waals surface area contributed by atoms with Crippen LogP contribution in [0.2, 0.25) is 0 Å². The molecule has 1 aromatic heterocycles. The summed E-state index contributed by atoms with van der Waals surface area (Å²) in [6.45, 7) is 0. The average molecular weight is 398 g/mol. The van der Waals surface area contributed by atoms with Gasteiger partial charge in [-0.3, -0.25) is 10.2 Å². The Balaban J connectivity index is 1.87. The maximum atomic E-state index is 11.6. The summed E-state index contributed by atoms with van der Waals surface area (Å²) in [6.07, 6.45) is 0.843. The van der Waals surface area contributed by atoms with E-state index in [1.54, 1.807) is 14.2 Å². The van der Waals surface area contributed by atoms with E-state index in [4.69, 9.17) is 20.3 Å². The Morgan fingerprint density at radius 1 is 1.04 bits per heavy atom. The van der Waals surface area contributed by atoms with Crippen molar-refractivity contribution in [2.45, 2.75) is 12.8 Å². The summed E-state index contributed by atoms with van der Waals surface area (Å²) in [6, 6.07) is 15.3. The van der Waals surface area contributed by atoms with E-state index in [9.17, 15) is 4.79 Å². The highest BCUT2D eigenvalue weighted by atomic mass is 32.1. The molecule has 0 unspecified atom stereocenters. The van der Waals surface area contributed by atoms with Crippen LogP contribution in [0.25, 0.3) is 11.3 Å². The highest BCUT2D eigenvalue weighted by molar-refractivity contribution is 7.16. The number of amides is 1. The Labute approximate surface area is 167 Å². The topological polar surface area (TPSA) is 98.5 Å². The Kier molecular flexibility index (Phi) is 6.46. The maximum absolute atomic E-state index is 11.6. The second-order valence-corrected chi connectivity index (χ2v) is 7.02. The maximum Gasteiger partial charge on any atom is 0.234 e. The monoisotopic (exact) mass is 398 g/mol. The van der Waals surface area contributed by atoms with Gasteiger partial charge in [0.15, 0.2) is 5.13 Å². The van der Waals surface area contributed by atoms with Crippen LogP contribution in [0.1, 0.15) is 11.3 Å². The first-order chi connectivity index (χ1) is 13.6. The van der Waals surface area contributed by atoms with Gasteiger partial charge in [0.25, 0.3) is 0 Å². The first kappa shape index (κ1) is 19.7. The molecule has 0 saturated carbocycles. The van der Waals surface area contributed by atoms with Crippen LogP contribution in [-0.4, -0.2) is 25.1 Å². The van der Waals surface area contributed by atoms with Crippen LogP contribution in [0, 0.1) is 0 Å².